The minimum absolute atomic E-state index is 0.0761. The van der Waals surface area contributed by atoms with E-state index in [0.717, 1.165) is 12.2 Å². The topological polar surface area (TPSA) is 223 Å². The lowest BCUT2D eigenvalue weighted by molar-refractivity contribution is -0.132. The normalized spacial score (nSPS) is 23.6. The van der Waals surface area contributed by atoms with Gasteiger partial charge in [0.15, 0.2) is 0 Å². The van der Waals surface area contributed by atoms with Gasteiger partial charge in [0.2, 0.25) is 35.4 Å². The molecule has 3 heterocycles. The number of hydrogen-bond donors (Lipinski definition) is 7. The first-order valence-corrected chi connectivity index (χ1v) is 16.5. The molecule has 3 aliphatic rings. The van der Waals surface area contributed by atoms with Gasteiger partial charge in [0, 0.05) is 56.7 Å². The van der Waals surface area contributed by atoms with Crippen molar-refractivity contribution in [3.63, 3.8) is 0 Å². The molecule has 15 nitrogen and oxygen atoms in total. The highest BCUT2D eigenvalue weighted by Gasteiger charge is 2.31. The highest BCUT2D eigenvalue weighted by atomic mass is 16.5. The summed E-state index contributed by atoms with van der Waals surface area (Å²) < 4.78 is 10.7. The lowest BCUT2D eigenvalue weighted by Crippen LogP contribution is -2.53. The van der Waals surface area contributed by atoms with E-state index < -0.39 is 41.6 Å². The molecular formula is C34H45N7O8. The van der Waals surface area contributed by atoms with Gasteiger partial charge >= 0.3 is 0 Å². The van der Waals surface area contributed by atoms with E-state index in [0.29, 0.717) is 55.7 Å². The SMILES string of the molecule is NCCOCCNC(=O)[C@@H]1CNC(=O)/C=C\C(=O)N[C@H]2CC[C@H](CC2)C(=O)N[C@@H](Cc2ccco2)C(=O)NCc2ccccc2CC(=O)N1. The van der Waals surface area contributed by atoms with Gasteiger partial charge in [0.1, 0.15) is 17.8 Å². The number of fused-ring (bicyclic) bond motifs is 16. The number of amides is 6. The van der Waals surface area contributed by atoms with Crippen LogP contribution in [0.4, 0.5) is 0 Å². The van der Waals surface area contributed by atoms with Crippen molar-refractivity contribution in [3.05, 3.63) is 71.7 Å². The van der Waals surface area contributed by atoms with E-state index in [4.69, 9.17) is 14.9 Å². The average molecular weight is 680 g/mol. The molecule has 49 heavy (non-hydrogen) atoms. The molecule has 5 rings (SSSR count). The molecule has 0 saturated heterocycles. The summed E-state index contributed by atoms with van der Waals surface area (Å²) in [5.74, 6) is -2.64. The van der Waals surface area contributed by atoms with Crippen LogP contribution < -0.4 is 37.6 Å². The molecule has 1 saturated carbocycles. The summed E-state index contributed by atoms with van der Waals surface area (Å²) >= 11 is 0. The van der Waals surface area contributed by atoms with Gasteiger partial charge in [0.25, 0.3) is 0 Å². The minimum atomic E-state index is -1.14. The number of furan rings is 1. The molecule has 0 spiro atoms. The van der Waals surface area contributed by atoms with Gasteiger partial charge in [-0.1, -0.05) is 24.3 Å². The number of nitrogens with one attached hydrogen (secondary N) is 6. The molecule has 6 amide bonds. The van der Waals surface area contributed by atoms with Gasteiger partial charge in [0.05, 0.1) is 25.9 Å². The van der Waals surface area contributed by atoms with Crippen molar-refractivity contribution < 1.29 is 37.9 Å². The first-order chi connectivity index (χ1) is 23.7. The van der Waals surface area contributed by atoms with E-state index in [1.807, 2.05) is 0 Å². The second-order valence-corrected chi connectivity index (χ2v) is 12.0. The number of benzene rings is 1. The Morgan fingerprint density at radius 2 is 1.61 bits per heavy atom. The molecule has 1 fully saturated rings. The smallest absolute Gasteiger partial charge is 0.244 e. The van der Waals surface area contributed by atoms with Crippen molar-refractivity contribution >= 4 is 35.4 Å². The fourth-order valence-electron chi connectivity index (χ4n) is 5.68. The predicted octanol–water partition coefficient (Wildman–Crippen LogP) is -0.897. The first kappa shape index (κ1) is 36.8. The van der Waals surface area contributed by atoms with Crippen LogP contribution in [0.15, 0.2) is 59.2 Å². The van der Waals surface area contributed by atoms with Gasteiger partial charge in [-0.05, 0) is 48.9 Å². The summed E-state index contributed by atoms with van der Waals surface area (Å²) in [6, 6.07) is 8.24. The van der Waals surface area contributed by atoms with E-state index in [9.17, 15) is 28.8 Å². The Kier molecular flexibility index (Phi) is 14.3. The number of rotatable bonds is 8. The molecular weight excluding hydrogens is 634 g/mol. The van der Waals surface area contributed by atoms with Crippen LogP contribution in [0.2, 0.25) is 0 Å². The highest BCUT2D eigenvalue weighted by molar-refractivity contribution is 5.97. The minimum Gasteiger partial charge on any atom is -0.469 e. The molecule has 1 aliphatic carbocycles. The maximum absolute atomic E-state index is 13.5. The summed E-state index contributed by atoms with van der Waals surface area (Å²) in [5, 5.41) is 16.5. The number of ether oxygens (including phenoxy) is 1. The third-order valence-corrected chi connectivity index (χ3v) is 8.31. The Balaban J connectivity index is 1.52. The second kappa shape index (κ2) is 19.1. The first-order valence-electron chi connectivity index (χ1n) is 16.5. The Morgan fingerprint density at radius 3 is 2.35 bits per heavy atom. The zero-order chi connectivity index (χ0) is 35.0. The van der Waals surface area contributed by atoms with Crippen molar-refractivity contribution in [2.24, 2.45) is 11.7 Å². The standard InChI is InChI=1S/C34H45N7O8/c35-13-16-48-17-14-36-34(47)28-21-37-29(42)11-12-30(43)39-25-9-7-22(8-10-25)32(45)41-27(19-26-6-3-15-49-26)33(46)38-20-24-5-2-1-4-23(24)18-31(44)40-28/h1-6,11-12,15,22,25,27-28H,7-10,13-14,16-21,35H2,(H,36,47)(H,37,42)(H,38,46)(H,39,43)(H,40,44)(H,41,45)/b12-11-/t22-,25+,27-,28-/m0/s1. The number of carbonyl (C=O) groups is 6. The molecule has 2 aromatic rings. The molecule has 1 aromatic carbocycles. The van der Waals surface area contributed by atoms with Gasteiger partial charge in [-0.2, -0.15) is 0 Å². The molecule has 264 valence electrons. The Hall–Kier alpha value is -5.02. The maximum atomic E-state index is 13.5. The molecule has 1 aromatic heterocycles. The van der Waals surface area contributed by atoms with E-state index in [1.165, 1.54) is 6.26 Å². The fourth-order valence-corrected chi connectivity index (χ4v) is 5.68. The largest absolute Gasteiger partial charge is 0.469 e. The molecule has 0 unspecified atom stereocenters. The van der Waals surface area contributed by atoms with Crippen molar-refractivity contribution in [1.29, 1.82) is 0 Å². The van der Waals surface area contributed by atoms with Crippen LogP contribution in [0.1, 0.15) is 42.6 Å². The van der Waals surface area contributed by atoms with Crippen LogP contribution in [0.3, 0.4) is 0 Å². The fraction of sp³-hybridized carbons (Fsp3) is 0.471. The Labute approximate surface area is 284 Å². The third kappa shape index (κ3) is 12.2. The van der Waals surface area contributed by atoms with E-state index >= 15 is 0 Å². The van der Waals surface area contributed by atoms with E-state index in [-0.39, 0.29) is 56.9 Å². The van der Waals surface area contributed by atoms with Crippen LogP contribution in [0.5, 0.6) is 0 Å². The Bertz CT molecular complexity index is 1470. The predicted molar refractivity (Wildman–Crippen MR) is 177 cm³/mol. The summed E-state index contributed by atoms with van der Waals surface area (Å²) in [7, 11) is 0. The van der Waals surface area contributed by atoms with Crippen LogP contribution in [0, 0.1) is 5.92 Å². The van der Waals surface area contributed by atoms with Crippen molar-refractivity contribution in [2.75, 3.05) is 32.8 Å². The molecule has 2 atom stereocenters. The number of nitrogens with two attached hydrogens (primary N) is 1. The van der Waals surface area contributed by atoms with Gasteiger partial charge in [-0.15, -0.1) is 0 Å². The van der Waals surface area contributed by atoms with Crippen LogP contribution >= 0.6 is 0 Å². The van der Waals surface area contributed by atoms with Gasteiger partial charge in [-0.3, -0.25) is 28.8 Å². The Morgan fingerprint density at radius 1 is 0.857 bits per heavy atom. The van der Waals surface area contributed by atoms with Gasteiger partial charge < -0.3 is 46.8 Å². The zero-order valence-electron chi connectivity index (χ0n) is 27.3. The second-order valence-electron chi connectivity index (χ2n) is 12.0. The molecule has 2 aliphatic heterocycles. The lowest BCUT2D eigenvalue weighted by atomic mass is 9.85. The third-order valence-electron chi connectivity index (χ3n) is 8.31. The molecule has 2 bridgehead atoms. The van der Waals surface area contributed by atoms with Crippen molar-refractivity contribution in [3.8, 4) is 0 Å². The quantitative estimate of drug-likeness (QED) is 0.172. The van der Waals surface area contributed by atoms with Gasteiger partial charge in [-0.25, -0.2) is 0 Å². The van der Waals surface area contributed by atoms with Crippen LogP contribution in [-0.4, -0.2) is 86.4 Å². The molecule has 15 heteroatoms. The van der Waals surface area contributed by atoms with Crippen LogP contribution in [-0.2, 0) is 52.9 Å². The van der Waals surface area contributed by atoms with Crippen molar-refractivity contribution in [2.45, 2.75) is 63.2 Å². The maximum Gasteiger partial charge on any atom is 0.244 e. The summed E-state index contributed by atoms with van der Waals surface area (Å²) in [5.41, 5.74) is 6.69. The molecule has 0 radical (unpaired) electrons. The monoisotopic (exact) mass is 679 g/mol. The zero-order valence-corrected chi connectivity index (χ0v) is 27.3. The lowest BCUT2D eigenvalue weighted by Gasteiger charge is -2.29. The summed E-state index contributed by atoms with van der Waals surface area (Å²) in [6.45, 7) is 0.856. The van der Waals surface area contributed by atoms with E-state index in [1.54, 1.807) is 36.4 Å². The number of hydrogen-bond acceptors (Lipinski definition) is 9. The summed E-state index contributed by atoms with van der Waals surface area (Å²) in [6.07, 6.45) is 5.77. The molecule has 8 N–H and O–H groups in total. The van der Waals surface area contributed by atoms with Crippen LogP contribution in [0.25, 0.3) is 0 Å². The van der Waals surface area contributed by atoms with Crippen molar-refractivity contribution in [1.82, 2.24) is 31.9 Å². The number of carbonyl (C=O) groups excluding carboxylic acids is 6. The van der Waals surface area contributed by atoms with E-state index in [2.05, 4.69) is 31.9 Å². The highest BCUT2D eigenvalue weighted by Crippen LogP contribution is 2.25. The summed E-state index contributed by atoms with van der Waals surface area (Å²) in [4.78, 5) is 78.1. The average Bonchev–Trinajstić information content (AvgIpc) is 3.61.